The Balaban J connectivity index is 2.20. The number of anilines is 2. The molecular formula is C14H14FN3O. The number of aryl methyl sites for hydroxylation is 1. The summed E-state index contributed by atoms with van der Waals surface area (Å²) in [6.45, 7) is 1.73. The summed E-state index contributed by atoms with van der Waals surface area (Å²) in [6.07, 6.45) is 1.55. The standard InChI is InChI=1S/C14H14FN3O/c1-9-7-10(15)3-4-12(9)18-14(19)13-8-11(16-2)5-6-17-13/h3-8H,1-2H3,(H,16,17)(H,18,19). The van der Waals surface area contributed by atoms with Gasteiger partial charge in [0.2, 0.25) is 0 Å². The van der Waals surface area contributed by atoms with E-state index in [9.17, 15) is 9.18 Å². The maximum absolute atomic E-state index is 13.0. The lowest BCUT2D eigenvalue weighted by Crippen LogP contribution is -2.14. The van der Waals surface area contributed by atoms with Gasteiger partial charge >= 0.3 is 0 Å². The van der Waals surface area contributed by atoms with E-state index in [0.29, 0.717) is 16.9 Å². The molecule has 0 spiro atoms. The van der Waals surface area contributed by atoms with E-state index in [0.717, 1.165) is 5.69 Å². The van der Waals surface area contributed by atoms with E-state index in [1.54, 1.807) is 32.3 Å². The third kappa shape index (κ3) is 3.07. The van der Waals surface area contributed by atoms with Crippen LogP contribution in [0.25, 0.3) is 0 Å². The molecule has 0 fully saturated rings. The maximum atomic E-state index is 13.0. The zero-order chi connectivity index (χ0) is 13.8. The van der Waals surface area contributed by atoms with Gasteiger partial charge in [0.1, 0.15) is 11.5 Å². The summed E-state index contributed by atoms with van der Waals surface area (Å²) >= 11 is 0. The highest BCUT2D eigenvalue weighted by molar-refractivity contribution is 6.03. The van der Waals surface area contributed by atoms with E-state index in [-0.39, 0.29) is 11.7 Å². The first-order valence-electron chi connectivity index (χ1n) is 5.81. The highest BCUT2D eigenvalue weighted by Gasteiger charge is 2.09. The fraction of sp³-hybridized carbons (Fsp3) is 0.143. The van der Waals surface area contributed by atoms with E-state index < -0.39 is 0 Å². The van der Waals surface area contributed by atoms with Crippen molar-refractivity contribution in [1.29, 1.82) is 0 Å². The largest absolute Gasteiger partial charge is 0.388 e. The van der Waals surface area contributed by atoms with E-state index >= 15 is 0 Å². The number of amides is 1. The molecule has 0 aliphatic heterocycles. The molecular weight excluding hydrogens is 245 g/mol. The van der Waals surface area contributed by atoms with Crippen molar-refractivity contribution in [2.75, 3.05) is 17.7 Å². The Labute approximate surface area is 110 Å². The first-order valence-corrected chi connectivity index (χ1v) is 5.81. The first kappa shape index (κ1) is 13.0. The molecule has 2 N–H and O–H groups in total. The SMILES string of the molecule is CNc1ccnc(C(=O)Nc2ccc(F)cc2C)c1. The average Bonchev–Trinajstić information content (AvgIpc) is 2.42. The number of pyridine rings is 1. The molecule has 2 aromatic rings. The van der Waals surface area contributed by atoms with Crippen LogP contribution in [0.5, 0.6) is 0 Å². The van der Waals surface area contributed by atoms with Crippen molar-refractivity contribution >= 4 is 17.3 Å². The molecule has 0 unspecified atom stereocenters. The monoisotopic (exact) mass is 259 g/mol. The van der Waals surface area contributed by atoms with Gasteiger partial charge in [0.15, 0.2) is 0 Å². The molecule has 1 aromatic carbocycles. The van der Waals surface area contributed by atoms with Crippen LogP contribution in [0.3, 0.4) is 0 Å². The third-order valence-corrected chi connectivity index (χ3v) is 2.72. The van der Waals surface area contributed by atoms with Crippen molar-refractivity contribution in [1.82, 2.24) is 4.98 Å². The topological polar surface area (TPSA) is 54.0 Å². The fourth-order valence-electron chi connectivity index (χ4n) is 1.66. The Morgan fingerprint density at radius 2 is 2.05 bits per heavy atom. The number of nitrogens with one attached hydrogen (secondary N) is 2. The number of carbonyl (C=O) groups is 1. The molecule has 0 bridgehead atoms. The van der Waals surface area contributed by atoms with E-state index in [4.69, 9.17) is 0 Å². The molecule has 2 rings (SSSR count). The van der Waals surface area contributed by atoms with Gasteiger partial charge in [0, 0.05) is 24.6 Å². The molecule has 0 atom stereocenters. The van der Waals surface area contributed by atoms with Crippen LogP contribution in [0, 0.1) is 12.7 Å². The van der Waals surface area contributed by atoms with Crippen molar-refractivity contribution in [2.24, 2.45) is 0 Å². The summed E-state index contributed by atoms with van der Waals surface area (Å²) in [6, 6.07) is 7.62. The van der Waals surface area contributed by atoms with Crippen LogP contribution in [-0.4, -0.2) is 17.9 Å². The van der Waals surface area contributed by atoms with Gasteiger partial charge in [-0.15, -0.1) is 0 Å². The number of nitrogens with zero attached hydrogens (tertiary/aromatic N) is 1. The fourth-order valence-corrected chi connectivity index (χ4v) is 1.66. The summed E-state index contributed by atoms with van der Waals surface area (Å²) in [7, 11) is 1.77. The molecule has 98 valence electrons. The minimum atomic E-state index is -0.328. The highest BCUT2D eigenvalue weighted by Crippen LogP contribution is 2.17. The smallest absolute Gasteiger partial charge is 0.274 e. The Morgan fingerprint density at radius 3 is 2.74 bits per heavy atom. The lowest BCUT2D eigenvalue weighted by molar-refractivity contribution is 0.102. The zero-order valence-electron chi connectivity index (χ0n) is 10.7. The molecule has 0 radical (unpaired) electrons. The molecule has 0 saturated carbocycles. The van der Waals surface area contributed by atoms with Gasteiger partial charge < -0.3 is 10.6 Å². The van der Waals surface area contributed by atoms with Crippen LogP contribution in [-0.2, 0) is 0 Å². The van der Waals surface area contributed by atoms with E-state index in [1.807, 2.05) is 0 Å². The molecule has 5 heteroatoms. The minimum Gasteiger partial charge on any atom is -0.388 e. The number of halogens is 1. The Hall–Kier alpha value is -2.43. The quantitative estimate of drug-likeness (QED) is 0.891. The second-order valence-corrected chi connectivity index (χ2v) is 4.09. The first-order chi connectivity index (χ1) is 9.10. The summed E-state index contributed by atoms with van der Waals surface area (Å²) in [5.41, 5.74) is 2.34. The van der Waals surface area contributed by atoms with Gasteiger partial charge in [-0.05, 0) is 42.8 Å². The molecule has 1 heterocycles. The highest BCUT2D eigenvalue weighted by atomic mass is 19.1. The summed E-state index contributed by atoms with van der Waals surface area (Å²) in [5.74, 6) is -0.655. The molecule has 19 heavy (non-hydrogen) atoms. The zero-order valence-corrected chi connectivity index (χ0v) is 10.7. The number of carbonyl (C=O) groups excluding carboxylic acids is 1. The minimum absolute atomic E-state index is 0.301. The summed E-state index contributed by atoms with van der Waals surface area (Å²) in [4.78, 5) is 16.0. The van der Waals surface area contributed by atoms with E-state index in [2.05, 4.69) is 15.6 Å². The predicted octanol–water partition coefficient (Wildman–Crippen LogP) is 2.82. The van der Waals surface area contributed by atoms with Gasteiger partial charge in [-0.2, -0.15) is 0 Å². The lowest BCUT2D eigenvalue weighted by atomic mass is 10.2. The Morgan fingerprint density at radius 1 is 1.26 bits per heavy atom. The van der Waals surface area contributed by atoms with Crippen molar-refractivity contribution < 1.29 is 9.18 Å². The number of hydrogen-bond acceptors (Lipinski definition) is 3. The van der Waals surface area contributed by atoms with Crippen molar-refractivity contribution in [2.45, 2.75) is 6.92 Å². The van der Waals surface area contributed by atoms with Crippen LogP contribution >= 0.6 is 0 Å². The molecule has 1 amide bonds. The van der Waals surface area contributed by atoms with Crippen LogP contribution < -0.4 is 10.6 Å². The third-order valence-electron chi connectivity index (χ3n) is 2.72. The van der Waals surface area contributed by atoms with Crippen LogP contribution in [0.15, 0.2) is 36.5 Å². The predicted molar refractivity (Wildman–Crippen MR) is 72.9 cm³/mol. The van der Waals surface area contributed by atoms with Crippen molar-refractivity contribution in [3.8, 4) is 0 Å². The van der Waals surface area contributed by atoms with Crippen LogP contribution in [0.2, 0.25) is 0 Å². The molecule has 0 saturated heterocycles. The molecule has 4 nitrogen and oxygen atoms in total. The molecule has 0 aliphatic carbocycles. The van der Waals surface area contributed by atoms with E-state index in [1.165, 1.54) is 18.2 Å². The van der Waals surface area contributed by atoms with Crippen LogP contribution in [0.1, 0.15) is 16.1 Å². The lowest BCUT2D eigenvalue weighted by Gasteiger charge is -2.08. The van der Waals surface area contributed by atoms with Crippen molar-refractivity contribution in [3.05, 3.63) is 53.6 Å². The summed E-state index contributed by atoms with van der Waals surface area (Å²) < 4.78 is 13.0. The Bertz CT molecular complexity index is 613. The van der Waals surface area contributed by atoms with Gasteiger partial charge in [0.25, 0.3) is 5.91 Å². The van der Waals surface area contributed by atoms with Gasteiger partial charge in [-0.1, -0.05) is 0 Å². The van der Waals surface area contributed by atoms with Gasteiger partial charge in [0.05, 0.1) is 0 Å². The normalized spacial score (nSPS) is 10.1. The number of rotatable bonds is 3. The second-order valence-electron chi connectivity index (χ2n) is 4.09. The van der Waals surface area contributed by atoms with Crippen molar-refractivity contribution in [3.63, 3.8) is 0 Å². The molecule has 0 aliphatic rings. The maximum Gasteiger partial charge on any atom is 0.274 e. The Kier molecular flexibility index (Phi) is 3.75. The number of hydrogen-bond donors (Lipinski definition) is 2. The van der Waals surface area contributed by atoms with Gasteiger partial charge in [-0.3, -0.25) is 9.78 Å². The summed E-state index contributed by atoms with van der Waals surface area (Å²) in [5, 5.41) is 5.64. The second kappa shape index (κ2) is 5.48. The average molecular weight is 259 g/mol. The van der Waals surface area contributed by atoms with Crippen LogP contribution in [0.4, 0.5) is 15.8 Å². The number of aromatic nitrogens is 1. The molecule has 1 aromatic heterocycles. The van der Waals surface area contributed by atoms with Gasteiger partial charge in [-0.25, -0.2) is 4.39 Å². The number of benzene rings is 1.